The molecule has 2 atom stereocenters. The molecule has 2 amide bonds. The van der Waals surface area contributed by atoms with Crippen molar-refractivity contribution in [2.45, 2.75) is 18.6 Å². The maximum atomic E-state index is 13.6. The monoisotopic (exact) mass is 329 g/mol. The van der Waals surface area contributed by atoms with Crippen molar-refractivity contribution in [3.05, 3.63) is 54.4 Å². The third-order valence-electron chi connectivity index (χ3n) is 3.77. The summed E-state index contributed by atoms with van der Waals surface area (Å²) in [5.74, 6) is -0.231. The van der Waals surface area contributed by atoms with E-state index in [1.807, 2.05) is 18.2 Å². The first-order valence-electron chi connectivity index (χ1n) is 7.48. The highest BCUT2D eigenvalue weighted by Gasteiger charge is 2.39. The van der Waals surface area contributed by atoms with Gasteiger partial charge in [-0.2, -0.15) is 0 Å². The second-order valence-corrected chi connectivity index (χ2v) is 5.50. The first kappa shape index (κ1) is 15.9. The van der Waals surface area contributed by atoms with E-state index < -0.39 is 24.0 Å². The fourth-order valence-electron chi connectivity index (χ4n) is 2.64. The van der Waals surface area contributed by atoms with Crippen LogP contribution in [0.5, 0.6) is 11.5 Å². The van der Waals surface area contributed by atoms with Crippen molar-refractivity contribution in [3.8, 4) is 11.5 Å². The number of para-hydroxylation sites is 1. The molecule has 0 radical (unpaired) electrons. The van der Waals surface area contributed by atoms with Gasteiger partial charge in [-0.25, -0.2) is 4.39 Å². The summed E-state index contributed by atoms with van der Waals surface area (Å²) in [6.45, 7) is -0.169. The van der Waals surface area contributed by atoms with E-state index >= 15 is 0 Å². The summed E-state index contributed by atoms with van der Waals surface area (Å²) in [5.41, 5.74) is 5.33. The average molecular weight is 329 g/mol. The summed E-state index contributed by atoms with van der Waals surface area (Å²) in [5, 5.41) is 0. The standard InChI is InChI=1S/C17H16FN3O3/c18-11-8-15(16(19)22)21(10-11)17(23)14-9-13(6-7-20-14)24-12-4-2-1-3-5-12/h1-7,9,11,15H,8,10H2,(H2,19,22)/t11-,15+/m1/s1. The van der Waals surface area contributed by atoms with Crippen LogP contribution in [0.3, 0.4) is 0 Å². The Morgan fingerprint density at radius 3 is 2.67 bits per heavy atom. The molecule has 6 nitrogen and oxygen atoms in total. The number of primary amides is 1. The Morgan fingerprint density at radius 1 is 1.21 bits per heavy atom. The molecule has 1 saturated heterocycles. The first-order valence-corrected chi connectivity index (χ1v) is 7.48. The summed E-state index contributed by atoms with van der Waals surface area (Å²) in [6.07, 6.45) is 0.0740. The minimum absolute atomic E-state index is 0.0729. The maximum Gasteiger partial charge on any atom is 0.273 e. The van der Waals surface area contributed by atoms with Crippen molar-refractivity contribution in [1.29, 1.82) is 0 Å². The van der Waals surface area contributed by atoms with Crippen LogP contribution in [0.15, 0.2) is 48.7 Å². The molecule has 2 aromatic rings. The van der Waals surface area contributed by atoms with Crippen molar-refractivity contribution in [3.63, 3.8) is 0 Å². The van der Waals surface area contributed by atoms with Gasteiger partial charge in [0.1, 0.15) is 29.4 Å². The molecule has 3 rings (SSSR count). The predicted molar refractivity (Wildman–Crippen MR) is 84.3 cm³/mol. The minimum Gasteiger partial charge on any atom is -0.457 e. The number of carbonyl (C=O) groups excluding carboxylic acids is 2. The van der Waals surface area contributed by atoms with Crippen LogP contribution >= 0.6 is 0 Å². The molecule has 124 valence electrons. The topological polar surface area (TPSA) is 85.5 Å². The smallest absolute Gasteiger partial charge is 0.273 e. The lowest BCUT2D eigenvalue weighted by Gasteiger charge is -2.21. The van der Waals surface area contributed by atoms with E-state index in [0.717, 1.165) is 4.90 Å². The molecule has 1 aromatic heterocycles. The fourth-order valence-corrected chi connectivity index (χ4v) is 2.64. The molecule has 24 heavy (non-hydrogen) atoms. The summed E-state index contributed by atoms with van der Waals surface area (Å²) in [6, 6.07) is 11.2. The number of hydrogen-bond acceptors (Lipinski definition) is 4. The van der Waals surface area contributed by atoms with E-state index in [9.17, 15) is 14.0 Å². The van der Waals surface area contributed by atoms with Crippen molar-refractivity contribution >= 4 is 11.8 Å². The fraction of sp³-hybridized carbons (Fsp3) is 0.235. The zero-order valence-electron chi connectivity index (χ0n) is 12.8. The Kier molecular flexibility index (Phi) is 4.41. The Balaban J connectivity index is 1.80. The summed E-state index contributed by atoms with van der Waals surface area (Å²) in [4.78, 5) is 29.1. The number of halogens is 1. The van der Waals surface area contributed by atoms with E-state index in [0.29, 0.717) is 11.5 Å². The molecule has 2 N–H and O–H groups in total. The molecule has 1 aromatic carbocycles. The molecule has 0 unspecified atom stereocenters. The van der Waals surface area contributed by atoms with Gasteiger partial charge in [0.05, 0.1) is 6.54 Å². The highest BCUT2D eigenvalue weighted by molar-refractivity contribution is 5.96. The van der Waals surface area contributed by atoms with Gasteiger partial charge in [0, 0.05) is 18.7 Å². The van der Waals surface area contributed by atoms with Gasteiger partial charge >= 0.3 is 0 Å². The Bertz CT molecular complexity index is 754. The van der Waals surface area contributed by atoms with Gasteiger partial charge in [-0.05, 0) is 18.2 Å². The van der Waals surface area contributed by atoms with Gasteiger partial charge in [-0.1, -0.05) is 18.2 Å². The highest BCUT2D eigenvalue weighted by Crippen LogP contribution is 2.25. The first-order chi connectivity index (χ1) is 11.5. The average Bonchev–Trinajstić information content (AvgIpc) is 2.97. The number of carbonyl (C=O) groups is 2. The minimum atomic E-state index is -1.27. The van der Waals surface area contributed by atoms with E-state index in [2.05, 4.69) is 4.98 Å². The van der Waals surface area contributed by atoms with Crippen LogP contribution in [0, 0.1) is 0 Å². The van der Waals surface area contributed by atoms with Gasteiger partial charge in [0.25, 0.3) is 5.91 Å². The molecule has 0 spiro atoms. The lowest BCUT2D eigenvalue weighted by atomic mass is 10.2. The Labute approximate surface area is 138 Å². The second-order valence-electron chi connectivity index (χ2n) is 5.50. The van der Waals surface area contributed by atoms with E-state index in [4.69, 9.17) is 10.5 Å². The molecular weight excluding hydrogens is 313 g/mol. The van der Waals surface area contributed by atoms with Crippen LogP contribution in [0.4, 0.5) is 4.39 Å². The molecule has 2 heterocycles. The molecule has 1 fully saturated rings. The largest absolute Gasteiger partial charge is 0.457 e. The van der Waals surface area contributed by atoms with Crippen molar-refractivity contribution in [2.24, 2.45) is 5.73 Å². The number of alkyl halides is 1. The number of benzene rings is 1. The van der Waals surface area contributed by atoms with Crippen LogP contribution in [0.2, 0.25) is 0 Å². The number of hydrogen-bond donors (Lipinski definition) is 1. The number of aromatic nitrogens is 1. The van der Waals surface area contributed by atoms with E-state index in [1.165, 1.54) is 12.3 Å². The second kappa shape index (κ2) is 6.66. The molecular formula is C17H16FN3O3. The maximum absolute atomic E-state index is 13.6. The Morgan fingerprint density at radius 2 is 1.96 bits per heavy atom. The van der Waals surface area contributed by atoms with Crippen LogP contribution < -0.4 is 10.5 Å². The highest BCUT2D eigenvalue weighted by atomic mass is 19.1. The van der Waals surface area contributed by atoms with Gasteiger partial charge in [-0.15, -0.1) is 0 Å². The van der Waals surface area contributed by atoms with Crippen molar-refractivity contribution in [1.82, 2.24) is 9.88 Å². The number of nitrogens with zero attached hydrogens (tertiary/aromatic N) is 2. The van der Waals surface area contributed by atoms with Crippen molar-refractivity contribution < 1.29 is 18.7 Å². The van der Waals surface area contributed by atoms with Gasteiger partial charge in [0.15, 0.2) is 0 Å². The van der Waals surface area contributed by atoms with Crippen LogP contribution in [0.1, 0.15) is 16.9 Å². The predicted octanol–water partition coefficient (Wildman–Crippen LogP) is 1.91. The van der Waals surface area contributed by atoms with E-state index in [-0.39, 0.29) is 18.7 Å². The zero-order chi connectivity index (χ0) is 17.1. The third-order valence-corrected chi connectivity index (χ3v) is 3.77. The van der Waals surface area contributed by atoms with Crippen LogP contribution in [-0.2, 0) is 4.79 Å². The SMILES string of the molecule is NC(=O)[C@@H]1C[C@@H](F)CN1C(=O)c1cc(Oc2ccccc2)ccn1. The lowest BCUT2D eigenvalue weighted by Crippen LogP contribution is -2.44. The molecule has 0 aliphatic carbocycles. The van der Waals surface area contributed by atoms with Crippen molar-refractivity contribution in [2.75, 3.05) is 6.54 Å². The molecule has 1 aliphatic heterocycles. The number of ether oxygens (including phenoxy) is 1. The Hall–Kier alpha value is -2.96. The third kappa shape index (κ3) is 3.34. The quantitative estimate of drug-likeness (QED) is 0.928. The number of amides is 2. The number of pyridine rings is 1. The number of rotatable bonds is 4. The number of likely N-dealkylation sites (tertiary alicyclic amines) is 1. The molecule has 0 saturated carbocycles. The van der Waals surface area contributed by atoms with Gasteiger partial charge in [-0.3, -0.25) is 14.6 Å². The van der Waals surface area contributed by atoms with E-state index in [1.54, 1.807) is 18.2 Å². The van der Waals surface area contributed by atoms with Crippen LogP contribution in [-0.4, -0.2) is 40.5 Å². The molecule has 1 aliphatic rings. The molecule has 7 heteroatoms. The van der Waals surface area contributed by atoms with Gasteiger partial charge in [0.2, 0.25) is 5.91 Å². The normalized spacial score (nSPS) is 20.0. The summed E-state index contributed by atoms with van der Waals surface area (Å²) < 4.78 is 19.2. The summed E-state index contributed by atoms with van der Waals surface area (Å²) in [7, 11) is 0. The summed E-state index contributed by atoms with van der Waals surface area (Å²) >= 11 is 0. The lowest BCUT2D eigenvalue weighted by molar-refractivity contribution is -0.121. The number of nitrogens with two attached hydrogens (primary N) is 1. The van der Waals surface area contributed by atoms with Crippen LogP contribution in [0.25, 0.3) is 0 Å². The zero-order valence-corrected chi connectivity index (χ0v) is 12.8. The molecule has 0 bridgehead atoms. The van der Waals surface area contributed by atoms with Gasteiger partial charge < -0.3 is 15.4 Å².